The number of nitro groups is 1. The molecule has 0 amide bonds. The molecule has 0 fully saturated rings. The van der Waals surface area contributed by atoms with Crippen LogP contribution in [-0.2, 0) is 0 Å². The zero-order valence-electron chi connectivity index (χ0n) is 8.10. The first-order valence-electron chi connectivity index (χ1n) is 4.61. The third-order valence-electron chi connectivity index (χ3n) is 2.17. The van der Waals surface area contributed by atoms with Crippen molar-refractivity contribution >= 4 is 0 Å². The predicted octanol–water partition coefficient (Wildman–Crippen LogP) is 1.57. The van der Waals surface area contributed by atoms with Gasteiger partial charge in [0.1, 0.15) is 5.82 Å². The van der Waals surface area contributed by atoms with Crippen LogP contribution in [0.3, 0.4) is 0 Å². The van der Waals surface area contributed by atoms with E-state index in [9.17, 15) is 14.5 Å². The van der Waals surface area contributed by atoms with E-state index in [0.29, 0.717) is 5.56 Å². The average Bonchev–Trinajstić information content (AvgIpc) is 2.16. The summed E-state index contributed by atoms with van der Waals surface area (Å²) in [6.45, 7) is -0.432. The van der Waals surface area contributed by atoms with Crippen LogP contribution in [0.1, 0.15) is 17.9 Å². The van der Waals surface area contributed by atoms with Crippen LogP contribution in [0.25, 0.3) is 0 Å². The Morgan fingerprint density at radius 2 is 2.27 bits per heavy atom. The summed E-state index contributed by atoms with van der Waals surface area (Å²) in [5, 5.41) is 19.1. The van der Waals surface area contributed by atoms with Crippen molar-refractivity contribution in [3.05, 3.63) is 45.8 Å². The molecule has 0 saturated carbocycles. The molecule has 0 aliphatic heterocycles. The lowest BCUT2D eigenvalue weighted by molar-refractivity contribution is -0.483. The number of aliphatic hydroxyl groups excluding tert-OH is 1. The summed E-state index contributed by atoms with van der Waals surface area (Å²) in [5.41, 5.74) is 0.556. The Balaban J connectivity index is 2.83. The highest BCUT2D eigenvalue weighted by Gasteiger charge is 2.17. The summed E-state index contributed by atoms with van der Waals surface area (Å²) >= 11 is 0. The number of hydrogen-bond acceptors (Lipinski definition) is 3. The quantitative estimate of drug-likeness (QED) is 0.596. The van der Waals surface area contributed by atoms with Crippen molar-refractivity contribution in [2.75, 3.05) is 13.2 Å². The van der Waals surface area contributed by atoms with E-state index in [-0.39, 0.29) is 19.6 Å². The van der Waals surface area contributed by atoms with E-state index >= 15 is 0 Å². The number of nitrogens with zero attached hydrogens (tertiary/aromatic N) is 1. The molecule has 82 valence electrons. The third kappa shape index (κ3) is 3.63. The molecule has 0 aliphatic rings. The van der Waals surface area contributed by atoms with E-state index in [1.165, 1.54) is 18.2 Å². The molecule has 1 aromatic carbocycles. The smallest absolute Gasteiger partial charge is 0.210 e. The zero-order valence-corrected chi connectivity index (χ0v) is 8.10. The summed E-state index contributed by atoms with van der Waals surface area (Å²) in [7, 11) is 0. The molecule has 0 radical (unpaired) electrons. The Kier molecular flexibility index (Phi) is 4.17. The Labute approximate surface area is 86.5 Å². The molecule has 0 bridgehead atoms. The number of hydrogen-bond donors (Lipinski definition) is 1. The van der Waals surface area contributed by atoms with Crippen molar-refractivity contribution in [3.8, 4) is 0 Å². The molecule has 0 spiro atoms. The first-order chi connectivity index (χ1) is 7.13. The molecule has 4 nitrogen and oxygen atoms in total. The van der Waals surface area contributed by atoms with Gasteiger partial charge in [0.25, 0.3) is 0 Å². The molecular formula is C10H12FNO3. The van der Waals surface area contributed by atoms with Gasteiger partial charge in [-0.2, -0.15) is 0 Å². The van der Waals surface area contributed by atoms with Gasteiger partial charge in [-0.3, -0.25) is 10.1 Å². The maximum atomic E-state index is 12.9. The van der Waals surface area contributed by atoms with Gasteiger partial charge >= 0.3 is 0 Å². The van der Waals surface area contributed by atoms with Gasteiger partial charge in [-0.15, -0.1) is 0 Å². The first kappa shape index (κ1) is 11.6. The van der Waals surface area contributed by atoms with Crippen LogP contribution in [0, 0.1) is 15.9 Å². The molecule has 0 aliphatic carbocycles. The van der Waals surface area contributed by atoms with E-state index in [1.54, 1.807) is 6.07 Å². The lowest BCUT2D eigenvalue weighted by Crippen LogP contribution is -2.14. The second-order valence-electron chi connectivity index (χ2n) is 3.28. The minimum atomic E-state index is -0.453. The van der Waals surface area contributed by atoms with Crippen molar-refractivity contribution in [2.45, 2.75) is 12.3 Å². The van der Waals surface area contributed by atoms with Crippen molar-refractivity contribution in [1.29, 1.82) is 0 Å². The van der Waals surface area contributed by atoms with Crippen molar-refractivity contribution in [2.24, 2.45) is 0 Å². The van der Waals surface area contributed by atoms with Gasteiger partial charge in [0, 0.05) is 11.5 Å². The van der Waals surface area contributed by atoms with Crippen LogP contribution in [0.4, 0.5) is 4.39 Å². The number of aliphatic hydroxyl groups is 1. The highest BCUT2D eigenvalue weighted by Crippen LogP contribution is 2.20. The van der Waals surface area contributed by atoms with Crippen LogP contribution in [0.5, 0.6) is 0 Å². The molecule has 15 heavy (non-hydrogen) atoms. The molecule has 1 N–H and O–H groups in total. The Hall–Kier alpha value is -1.49. The SMILES string of the molecule is O=[N+]([O-])C[C@@H](CCO)c1cccc(F)c1. The maximum absolute atomic E-state index is 12.9. The maximum Gasteiger partial charge on any atom is 0.210 e. The van der Waals surface area contributed by atoms with Gasteiger partial charge in [-0.25, -0.2) is 4.39 Å². The minimum Gasteiger partial charge on any atom is -0.396 e. The zero-order chi connectivity index (χ0) is 11.3. The van der Waals surface area contributed by atoms with E-state index in [2.05, 4.69) is 0 Å². The molecule has 0 aromatic heterocycles. The topological polar surface area (TPSA) is 63.4 Å². The summed E-state index contributed by atoms with van der Waals surface area (Å²) in [4.78, 5) is 9.92. The number of benzene rings is 1. The Morgan fingerprint density at radius 1 is 1.53 bits per heavy atom. The van der Waals surface area contributed by atoms with Crippen LogP contribution in [0.15, 0.2) is 24.3 Å². The monoisotopic (exact) mass is 213 g/mol. The summed E-state index contributed by atoms with van der Waals surface area (Å²) in [6.07, 6.45) is 0.268. The van der Waals surface area contributed by atoms with Crippen molar-refractivity contribution in [1.82, 2.24) is 0 Å². The molecule has 1 aromatic rings. The highest BCUT2D eigenvalue weighted by atomic mass is 19.1. The van der Waals surface area contributed by atoms with Crippen LogP contribution in [0.2, 0.25) is 0 Å². The number of halogens is 1. The molecule has 1 rings (SSSR count). The molecule has 1 atom stereocenters. The van der Waals surface area contributed by atoms with Crippen LogP contribution >= 0.6 is 0 Å². The molecule has 0 saturated heterocycles. The van der Waals surface area contributed by atoms with E-state index < -0.39 is 16.7 Å². The lowest BCUT2D eigenvalue weighted by atomic mass is 9.96. The van der Waals surface area contributed by atoms with Crippen LogP contribution in [-0.4, -0.2) is 23.2 Å². The second-order valence-corrected chi connectivity index (χ2v) is 3.28. The third-order valence-corrected chi connectivity index (χ3v) is 2.17. The minimum absolute atomic E-state index is 0.144. The van der Waals surface area contributed by atoms with E-state index in [0.717, 1.165) is 0 Å². The fourth-order valence-electron chi connectivity index (χ4n) is 1.46. The fourth-order valence-corrected chi connectivity index (χ4v) is 1.46. The molecule has 0 unspecified atom stereocenters. The summed E-state index contributed by atoms with van der Waals surface area (Å²) in [5.74, 6) is -0.848. The standard InChI is InChI=1S/C10H12FNO3/c11-10-3-1-2-8(6-10)9(4-5-13)7-12(14)15/h1-3,6,9,13H,4-5,7H2/t9-/m1/s1. The van der Waals surface area contributed by atoms with Gasteiger partial charge in [0.05, 0.1) is 5.92 Å². The van der Waals surface area contributed by atoms with E-state index in [1.807, 2.05) is 0 Å². The van der Waals surface area contributed by atoms with Crippen molar-refractivity contribution in [3.63, 3.8) is 0 Å². The summed E-state index contributed by atoms with van der Waals surface area (Å²) in [6, 6.07) is 5.69. The molecule has 0 heterocycles. The second kappa shape index (κ2) is 5.41. The Morgan fingerprint density at radius 3 is 2.80 bits per heavy atom. The van der Waals surface area contributed by atoms with Crippen LogP contribution < -0.4 is 0 Å². The van der Waals surface area contributed by atoms with Gasteiger partial charge in [0.2, 0.25) is 6.54 Å². The van der Waals surface area contributed by atoms with Gasteiger partial charge in [-0.1, -0.05) is 12.1 Å². The van der Waals surface area contributed by atoms with Gasteiger partial charge in [0.15, 0.2) is 0 Å². The van der Waals surface area contributed by atoms with Gasteiger partial charge in [-0.05, 0) is 24.1 Å². The average molecular weight is 213 g/mol. The lowest BCUT2D eigenvalue weighted by Gasteiger charge is -2.11. The highest BCUT2D eigenvalue weighted by molar-refractivity contribution is 5.20. The van der Waals surface area contributed by atoms with Gasteiger partial charge < -0.3 is 5.11 Å². The van der Waals surface area contributed by atoms with Crippen molar-refractivity contribution < 1.29 is 14.4 Å². The van der Waals surface area contributed by atoms with E-state index in [4.69, 9.17) is 5.11 Å². The summed E-state index contributed by atoms with van der Waals surface area (Å²) < 4.78 is 12.9. The fraction of sp³-hybridized carbons (Fsp3) is 0.400. The Bertz CT molecular complexity index is 343. The largest absolute Gasteiger partial charge is 0.396 e. The first-order valence-corrected chi connectivity index (χ1v) is 4.61. The molecule has 5 heteroatoms. The number of rotatable bonds is 5. The normalized spacial score (nSPS) is 12.4. The molecular weight excluding hydrogens is 201 g/mol. The predicted molar refractivity (Wildman–Crippen MR) is 52.7 cm³/mol.